The zero-order chi connectivity index (χ0) is 20.1. The average molecular weight is 400 g/mol. The first-order chi connectivity index (χ1) is 13.4. The number of ether oxygens (including phenoxy) is 1. The van der Waals surface area contributed by atoms with Crippen molar-refractivity contribution in [3.05, 3.63) is 71.3 Å². The monoisotopic (exact) mass is 399 g/mol. The van der Waals surface area contributed by atoms with Gasteiger partial charge in [-0.25, -0.2) is 4.39 Å². The number of benzene rings is 2. The lowest BCUT2D eigenvalue weighted by molar-refractivity contribution is 0.288. The molecule has 0 saturated carbocycles. The van der Waals surface area contributed by atoms with Gasteiger partial charge in [0, 0.05) is 12.3 Å². The summed E-state index contributed by atoms with van der Waals surface area (Å²) in [6.45, 7) is 9.77. The number of hydrogen-bond acceptors (Lipinski definition) is 4. The van der Waals surface area contributed by atoms with Crippen molar-refractivity contribution in [2.75, 3.05) is 0 Å². The zero-order valence-electron chi connectivity index (χ0n) is 16.8. The summed E-state index contributed by atoms with van der Waals surface area (Å²) in [5.41, 5.74) is 2.45. The summed E-state index contributed by atoms with van der Waals surface area (Å²) in [5.74, 6) is 2.11. The molecule has 0 radical (unpaired) electrons. The van der Waals surface area contributed by atoms with E-state index in [2.05, 4.69) is 54.6 Å². The third-order valence-electron chi connectivity index (χ3n) is 4.48. The first kappa shape index (κ1) is 20.4. The van der Waals surface area contributed by atoms with Crippen LogP contribution >= 0.6 is 11.8 Å². The minimum absolute atomic E-state index is 0.123. The van der Waals surface area contributed by atoms with Crippen LogP contribution in [0.25, 0.3) is 0 Å². The van der Waals surface area contributed by atoms with E-state index < -0.39 is 0 Å². The molecule has 0 amide bonds. The van der Waals surface area contributed by atoms with E-state index >= 15 is 0 Å². The predicted octanol–water partition coefficient (Wildman–Crippen LogP) is 5.61. The molecule has 0 fully saturated rings. The Morgan fingerprint density at radius 2 is 1.68 bits per heavy atom. The van der Waals surface area contributed by atoms with Gasteiger partial charge in [-0.2, -0.15) is 0 Å². The molecule has 0 spiro atoms. The summed E-state index contributed by atoms with van der Waals surface area (Å²) in [7, 11) is 0. The standard InChI is InChI=1S/C22H26FN3OS/c1-5-26-20(14-27-19-12-8-17(9-13-19)22(2,3)4)24-25-21(26)28-15-16-6-10-18(23)11-7-16/h6-13H,5,14-15H2,1-4H3. The second-order valence-corrected chi connectivity index (χ2v) is 8.56. The Bertz CT molecular complexity index is 899. The SMILES string of the molecule is CCn1c(COc2ccc(C(C)(C)C)cc2)nnc1SCc1ccc(F)cc1. The lowest BCUT2D eigenvalue weighted by Crippen LogP contribution is -2.11. The predicted molar refractivity (Wildman–Crippen MR) is 111 cm³/mol. The fraction of sp³-hybridized carbons (Fsp3) is 0.364. The molecule has 28 heavy (non-hydrogen) atoms. The Hall–Kier alpha value is -2.34. The average Bonchev–Trinajstić information content (AvgIpc) is 3.07. The van der Waals surface area contributed by atoms with Crippen LogP contribution in [-0.4, -0.2) is 14.8 Å². The van der Waals surface area contributed by atoms with E-state index in [9.17, 15) is 4.39 Å². The summed E-state index contributed by atoms with van der Waals surface area (Å²) < 4.78 is 21.0. The van der Waals surface area contributed by atoms with Crippen molar-refractivity contribution in [3.63, 3.8) is 0 Å². The molecular weight excluding hydrogens is 373 g/mol. The van der Waals surface area contributed by atoms with Gasteiger partial charge in [0.1, 0.15) is 18.2 Å². The van der Waals surface area contributed by atoms with Crippen LogP contribution in [0.4, 0.5) is 4.39 Å². The highest BCUT2D eigenvalue weighted by Crippen LogP contribution is 2.25. The first-order valence-electron chi connectivity index (χ1n) is 9.39. The molecule has 3 aromatic rings. The first-order valence-corrected chi connectivity index (χ1v) is 10.4. The summed E-state index contributed by atoms with van der Waals surface area (Å²) in [4.78, 5) is 0. The minimum Gasteiger partial charge on any atom is -0.486 e. The molecule has 0 aliphatic heterocycles. The second kappa shape index (κ2) is 8.78. The van der Waals surface area contributed by atoms with Crippen LogP contribution in [0.5, 0.6) is 5.75 Å². The Morgan fingerprint density at radius 1 is 1.00 bits per heavy atom. The van der Waals surface area contributed by atoms with Gasteiger partial charge in [0.2, 0.25) is 0 Å². The van der Waals surface area contributed by atoms with Gasteiger partial charge in [0.15, 0.2) is 11.0 Å². The van der Waals surface area contributed by atoms with Crippen molar-refractivity contribution in [2.45, 2.75) is 57.2 Å². The van der Waals surface area contributed by atoms with Gasteiger partial charge in [0.25, 0.3) is 0 Å². The third-order valence-corrected chi connectivity index (χ3v) is 5.52. The molecule has 4 nitrogen and oxygen atoms in total. The van der Waals surface area contributed by atoms with Gasteiger partial charge < -0.3 is 9.30 Å². The Balaban J connectivity index is 1.62. The summed E-state index contributed by atoms with van der Waals surface area (Å²) >= 11 is 1.59. The van der Waals surface area contributed by atoms with E-state index in [1.165, 1.54) is 17.7 Å². The second-order valence-electron chi connectivity index (χ2n) is 7.62. The molecular formula is C22H26FN3OS. The van der Waals surface area contributed by atoms with Gasteiger partial charge >= 0.3 is 0 Å². The molecule has 0 unspecified atom stereocenters. The van der Waals surface area contributed by atoms with E-state index in [1.807, 2.05) is 12.1 Å². The molecule has 2 aromatic carbocycles. The van der Waals surface area contributed by atoms with Crippen molar-refractivity contribution in [2.24, 2.45) is 0 Å². The summed E-state index contributed by atoms with van der Waals surface area (Å²) in [6, 6.07) is 14.7. The molecule has 0 bridgehead atoms. The largest absolute Gasteiger partial charge is 0.486 e. The Kier molecular flexibility index (Phi) is 6.39. The van der Waals surface area contributed by atoms with Crippen LogP contribution in [0.1, 0.15) is 44.6 Å². The fourth-order valence-electron chi connectivity index (χ4n) is 2.78. The lowest BCUT2D eigenvalue weighted by Gasteiger charge is -2.19. The van der Waals surface area contributed by atoms with E-state index in [4.69, 9.17) is 4.74 Å². The summed E-state index contributed by atoms with van der Waals surface area (Å²) in [6.07, 6.45) is 0. The Morgan fingerprint density at radius 3 is 2.29 bits per heavy atom. The van der Waals surface area contributed by atoms with Crippen LogP contribution in [-0.2, 0) is 24.3 Å². The van der Waals surface area contributed by atoms with Crippen LogP contribution in [0.2, 0.25) is 0 Å². The maximum absolute atomic E-state index is 13.0. The molecule has 0 aliphatic rings. The van der Waals surface area contributed by atoms with Crippen molar-refractivity contribution in [1.82, 2.24) is 14.8 Å². The third kappa shape index (κ3) is 5.13. The maximum atomic E-state index is 13.0. The van der Waals surface area contributed by atoms with Crippen molar-refractivity contribution in [1.29, 1.82) is 0 Å². The number of thioether (sulfide) groups is 1. The fourth-order valence-corrected chi connectivity index (χ4v) is 3.75. The number of aromatic nitrogens is 3. The normalized spacial score (nSPS) is 11.6. The van der Waals surface area contributed by atoms with Crippen LogP contribution in [0.3, 0.4) is 0 Å². The highest BCUT2D eigenvalue weighted by molar-refractivity contribution is 7.98. The van der Waals surface area contributed by atoms with Crippen molar-refractivity contribution in [3.8, 4) is 5.75 Å². The smallest absolute Gasteiger partial charge is 0.191 e. The molecule has 6 heteroatoms. The van der Waals surface area contributed by atoms with Gasteiger partial charge in [-0.05, 0) is 47.7 Å². The number of hydrogen-bond donors (Lipinski definition) is 0. The van der Waals surface area contributed by atoms with Crippen molar-refractivity contribution < 1.29 is 9.13 Å². The van der Waals surface area contributed by atoms with E-state index in [1.54, 1.807) is 23.9 Å². The zero-order valence-corrected chi connectivity index (χ0v) is 17.6. The highest BCUT2D eigenvalue weighted by Gasteiger charge is 2.14. The molecule has 148 valence electrons. The lowest BCUT2D eigenvalue weighted by atomic mass is 9.87. The van der Waals surface area contributed by atoms with Crippen LogP contribution in [0, 0.1) is 5.82 Å². The number of rotatable bonds is 7. The molecule has 0 aliphatic carbocycles. The van der Waals surface area contributed by atoms with E-state index in [-0.39, 0.29) is 11.2 Å². The van der Waals surface area contributed by atoms with Gasteiger partial charge in [-0.15, -0.1) is 10.2 Å². The Labute approximate surface area is 170 Å². The molecule has 0 N–H and O–H groups in total. The quantitative estimate of drug-likeness (QED) is 0.485. The highest BCUT2D eigenvalue weighted by atomic mass is 32.2. The molecule has 3 rings (SSSR count). The maximum Gasteiger partial charge on any atom is 0.191 e. The van der Waals surface area contributed by atoms with Gasteiger partial charge in [0.05, 0.1) is 0 Å². The molecule has 0 saturated heterocycles. The topological polar surface area (TPSA) is 39.9 Å². The van der Waals surface area contributed by atoms with E-state index in [0.717, 1.165) is 28.8 Å². The number of nitrogens with zero attached hydrogens (tertiary/aromatic N) is 3. The molecule has 1 heterocycles. The van der Waals surface area contributed by atoms with Crippen LogP contribution in [0.15, 0.2) is 53.7 Å². The van der Waals surface area contributed by atoms with Gasteiger partial charge in [-0.1, -0.05) is 56.8 Å². The van der Waals surface area contributed by atoms with Crippen molar-refractivity contribution >= 4 is 11.8 Å². The number of halogens is 1. The van der Waals surface area contributed by atoms with Crippen LogP contribution < -0.4 is 4.74 Å². The minimum atomic E-state index is -0.222. The van der Waals surface area contributed by atoms with Gasteiger partial charge in [-0.3, -0.25) is 0 Å². The molecule has 1 aromatic heterocycles. The molecule has 0 atom stereocenters. The summed E-state index contributed by atoms with van der Waals surface area (Å²) in [5, 5.41) is 9.43. The van der Waals surface area contributed by atoms with E-state index in [0.29, 0.717) is 12.4 Å².